The van der Waals surface area contributed by atoms with Crippen molar-refractivity contribution in [2.24, 2.45) is 0 Å². The van der Waals surface area contributed by atoms with Crippen molar-refractivity contribution in [1.29, 1.82) is 0 Å². The monoisotopic (exact) mass is 473 g/mol. The summed E-state index contributed by atoms with van der Waals surface area (Å²) in [4.78, 5) is 13.7. The van der Waals surface area contributed by atoms with Crippen LogP contribution in [0.5, 0.6) is 0 Å². The van der Waals surface area contributed by atoms with E-state index in [1.54, 1.807) is 12.1 Å². The number of benzene rings is 4. The second kappa shape index (κ2) is 9.31. The van der Waals surface area contributed by atoms with Gasteiger partial charge in [0, 0.05) is 34.8 Å². The van der Waals surface area contributed by atoms with Gasteiger partial charge in [0.15, 0.2) is 5.71 Å². The summed E-state index contributed by atoms with van der Waals surface area (Å²) in [6.07, 6.45) is 4.26. The summed E-state index contributed by atoms with van der Waals surface area (Å²) in [5.41, 5.74) is 7.61. The van der Waals surface area contributed by atoms with Crippen molar-refractivity contribution in [3.05, 3.63) is 126 Å². The first-order chi connectivity index (χ1) is 17.4. The number of carbonyl (C=O) groups is 1. The highest BCUT2D eigenvalue weighted by atomic mass is 16.4. The molecule has 1 aliphatic rings. The second-order valence-electron chi connectivity index (χ2n) is 9.54. The molecule has 5 rings (SSSR count). The number of hydrogen-bond acceptors (Lipinski definition) is 2. The van der Waals surface area contributed by atoms with E-state index >= 15 is 0 Å². The minimum atomic E-state index is -0.902. The molecule has 0 spiro atoms. The highest BCUT2D eigenvalue weighted by Gasteiger charge is 2.43. The van der Waals surface area contributed by atoms with Crippen LogP contribution in [-0.2, 0) is 5.41 Å². The van der Waals surface area contributed by atoms with Gasteiger partial charge >= 0.3 is 5.97 Å². The number of fused-ring (bicyclic) bond motifs is 1. The molecule has 4 heteroatoms. The van der Waals surface area contributed by atoms with Gasteiger partial charge in [-0.2, -0.15) is 4.58 Å². The number of nitrogens with zero attached hydrogens (tertiary/aromatic N) is 2. The van der Waals surface area contributed by atoms with Crippen LogP contribution in [-0.4, -0.2) is 28.4 Å². The van der Waals surface area contributed by atoms with Crippen LogP contribution in [0.25, 0.3) is 6.08 Å². The zero-order chi connectivity index (χ0) is 25.3. The Bertz CT molecular complexity index is 1430. The van der Waals surface area contributed by atoms with Crippen molar-refractivity contribution < 1.29 is 14.5 Å². The molecule has 1 heterocycles. The van der Waals surface area contributed by atoms with Crippen molar-refractivity contribution in [1.82, 2.24) is 0 Å². The van der Waals surface area contributed by atoms with E-state index in [2.05, 4.69) is 108 Å². The Kier molecular flexibility index (Phi) is 6.03. The zero-order valence-corrected chi connectivity index (χ0v) is 20.7. The normalized spacial score (nSPS) is 14.2. The Balaban J connectivity index is 1.44. The average Bonchev–Trinajstić information content (AvgIpc) is 3.09. The van der Waals surface area contributed by atoms with Gasteiger partial charge < -0.3 is 10.0 Å². The van der Waals surface area contributed by atoms with Gasteiger partial charge in [0.25, 0.3) is 0 Å². The van der Waals surface area contributed by atoms with Gasteiger partial charge in [-0.25, -0.2) is 4.79 Å². The van der Waals surface area contributed by atoms with Gasteiger partial charge in [0.05, 0.1) is 11.0 Å². The number of rotatable bonds is 6. The highest BCUT2D eigenvalue weighted by Crippen LogP contribution is 2.40. The molecule has 1 aliphatic heterocycles. The molecule has 0 radical (unpaired) electrons. The first-order valence-electron chi connectivity index (χ1n) is 12.0. The van der Waals surface area contributed by atoms with Crippen molar-refractivity contribution in [2.45, 2.75) is 19.3 Å². The summed E-state index contributed by atoms with van der Waals surface area (Å²) < 4.78 is 2.15. The quantitative estimate of drug-likeness (QED) is 0.294. The maximum Gasteiger partial charge on any atom is 0.335 e. The fourth-order valence-electron chi connectivity index (χ4n) is 4.98. The van der Waals surface area contributed by atoms with Crippen molar-refractivity contribution >= 4 is 40.5 Å². The Morgan fingerprint density at radius 3 is 1.89 bits per heavy atom. The largest absolute Gasteiger partial charge is 0.478 e. The summed E-state index contributed by atoms with van der Waals surface area (Å²) in [5, 5.41) is 9.44. The Morgan fingerprint density at radius 1 is 0.778 bits per heavy atom. The van der Waals surface area contributed by atoms with Crippen LogP contribution in [0.15, 0.2) is 109 Å². The fraction of sp³-hybridized carbons (Fsp3) is 0.125. The molecule has 1 N–H and O–H groups in total. The van der Waals surface area contributed by atoms with E-state index < -0.39 is 5.97 Å². The summed E-state index contributed by atoms with van der Waals surface area (Å²) in [5.74, 6) is -0.902. The van der Waals surface area contributed by atoms with E-state index in [1.165, 1.54) is 0 Å². The first kappa shape index (κ1) is 23.3. The Hall–Kier alpha value is -4.44. The molecule has 0 aliphatic carbocycles. The number of allylic oxidation sites excluding steroid dienone is 1. The lowest BCUT2D eigenvalue weighted by atomic mass is 9.80. The minimum absolute atomic E-state index is 0.302. The van der Waals surface area contributed by atoms with Crippen LogP contribution in [0.1, 0.15) is 35.3 Å². The second-order valence-corrected chi connectivity index (χ2v) is 9.54. The van der Waals surface area contributed by atoms with Gasteiger partial charge in [-0.3, -0.25) is 0 Å². The topological polar surface area (TPSA) is 43.5 Å². The van der Waals surface area contributed by atoms with Crippen LogP contribution >= 0.6 is 0 Å². The molecule has 0 saturated carbocycles. The molecule has 0 unspecified atom stereocenters. The van der Waals surface area contributed by atoms with Gasteiger partial charge in [0.1, 0.15) is 7.05 Å². The van der Waals surface area contributed by atoms with Crippen LogP contribution in [0.2, 0.25) is 0 Å². The lowest BCUT2D eigenvalue weighted by Gasteiger charge is -2.25. The molecular weight excluding hydrogens is 444 g/mol. The summed E-state index contributed by atoms with van der Waals surface area (Å²) in [7, 11) is 2.04. The molecule has 4 aromatic carbocycles. The molecule has 0 aromatic heterocycles. The maximum absolute atomic E-state index is 11.5. The van der Waals surface area contributed by atoms with E-state index in [9.17, 15) is 9.90 Å². The fourth-order valence-corrected chi connectivity index (χ4v) is 4.98. The SMILES string of the molecule is C[N+]1=C(C=Cc2ccc(N(c3ccccc3)c3ccccc3)cc2)C(C)(C)c2cc(C(=O)O)ccc21. The van der Waals surface area contributed by atoms with E-state index in [4.69, 9.17) is 0 Å². The lowest BCUT2D eigenvalue weighted by Crippen LogP contribution is -2.26. The van der Waals surface area contributed by atoms with E-state index in [-0.39, 0.29) is 5.41 Å². The number of carboxylic acid groups (broad SMARTS) is 1. The molecule has 0 saturated heterocycles. The van der Waals surface area contributed by atoms with Crippen LogP contribution in [0.3, 0.4) is 0 Å². The third-order valence-corrected chi connectivity index (χ3v) is 6.89. The van der Waals surface area contributed by atoms with E-state index in [0.717, 1.165) is 39.6 Å². The zero-order valence-electron chi connectivity index (χ0n) is 20.7. The Labute approximate surface area is 212 Å². The van der Waals surface area contributed by atoms with Crippen molar-refractivity contribution in [3.63, 3.8) is 0 Å². The smallest absolute Gasteiger partial charge is 0.335 e. The number of para-hydroxylation sites is 2. The van der Waals surface area contributed by atoms with E-state index in [1.807, 2.05) is 25.2 Å². The van der Waals surface area contributed by atoms with E-state index in [0.29, 0.717) is 5.56 Å². The average molecular weight is 474 g/mol. The van der Waals surface area contributed by atoms with Crippen molar-refractivity contribution in [2.75, 3.05) is 11.9 Å². The Morgan fingerprint density at radius 2 is 1.33 bits per heavy atom. The van der Waals surface area contributed by atoms with Gasteiger partial charge in [-0.05, 0) is 74.0 Å². The maximum atomic E-state index is 11.5. The minimum Gasteiger partial charge on any atom is -0.478 e. The third kappa shape index (κ3) is 4.22. The number of aromatic carboxylic acids is 1. The molecule has 178 valence electrons. The predicted molar refractivity (Wildman–Crippen MR) is 147 cm³/mol. The molecule has 0 bridgehead atoms. The van der Waals surface area contributed by atoms with Gasteiger partial charge in [0.2, 0.25) is 5.69 Å². The first-order valence-corrected chi connectivity index (χ1v) is 12.0. The number of anilines is 3. The number of hydrogen-bond donors (Lipinski definition) is 1. The molecule has 4 aromatic rings. The molecule has 0 atom stereocenters. The summed E-state index contributed by atoms with van der Waals surface area (Å²) >= 11 is 0. The lowest BCUT2D eigenvalue weighted by molar-refractivity contribution is -0.401. The van der Waals surface area contributed by atoms with Crippen LogP contribution in [0, 0.1) is 0 Å². The van der Waals surface area contributed by atoms with Crippen LogP contribution < -0.4 is 4.90 Å². The number of carboxylic acids is 1. The standard InChI is InChI=1S/C32H28N2O2/c1-32(2)28-22-24(31(35)36)17-20-29(28)33(3)30(32)21-16-23-14-18-27(19-15-23)34(25-10-6-4-7-11-25)26-12-8-5-9-13-26/h4-22H,1-3H3/p+1. The molecule has 4 nitrogen and oxygen atoms in total. The van der Waals surface area contributed by atoms with Crippen molar-refractivity contribution in [3.8, 4) is 0 Å². The van der Waals surface area contributed by atoms with Gasteiger partial charge in [-0.15, -0.1) is 0 Å². The third-order valence-electron chi connectivity index (χ3n) is 6.89. The molecule has 36 heavy (non-hydrogen) atoms. The predicted octanol–water partition coefficient (Wildman–Crippen LogP) is 7.57. The van der Waals surface area contributed by atoms with Gasteiger partial charge in [-0.1, -0.05) is 48.5 Å². The molecule has 0 amide bonds. The molecule has 0 fully saturated rings. The molecular formula is C32H29N2O2+. The highest BCUT2D eigenvalue weighted by molar-refractivity contribution is 6.05. The summed E-state index contributed by atoms with van der Waals surface area (Å²) in [6.45, 7) is 4.28. The summed E-state index contributed by atoms with van der Waals surface area (Å²) in [6, 6.07) is 34.6. The van der Waals surface area contributed by atoms with Crippen LogP contribution in [0.4, 0.5) is 22.7 Å².